The zero-order valence-corrected chi connectivity index (χ0v) is 13.8. The second-order valence-corrected chi connectivity index (χ2v) is 7.97. The average Bonchev–Trinajstić information content (AvgIpc) is 2.83. The number of nitrogens with zero attached hydrogens (tertiary/aromatic N) is 2. The number of likely N-dealkylation sites (tertiary alicyclic amines) is 1. The van der Waals surface area contributed by atoms with Crippen molar-refractivity contribution in [1.29, 1.82) is 0 Å². The fourth-order valence-corrected chi connectivity index (χ4v) is 4.00. The van der Waals surface area contributed by atoms with E-state index >= 15 is 0 Å². The minimum absolute atomic E-state index is 0.00563. The molecule has 124 valence electrons. The van der Waals surface area contributed by atoms with Crippen molar-refractivity contribution in [2.75, 3.05) is 32.5 Å². The van der Waals surface area contributed by atoms with Gasteiger partial charge in [-0.3, -0.25) is 4.79 Å². The van der Waals surface area contributed by atoms with Gasteiger partial charge in [0, 0.05) is 31.1 Å². The number of amides is 1. The van der Waals surface area contributed by atoms with Crippen LogP contribution in [-0.2, 0) is 10.0 Å². The van der Waals surface area contributed by atoms with Gasteiger partial charge in [-0.05, 0) is 24.3 Å². The molecule has 0 N–H and O–H groups in total. The van der Waals surface area contributed by atoms with Crippen LogP contribution in [0.3, 0.4) is 0 Å². The summed E-state index contributed by atoms with van der Waals surface area (Å²) in [6, 6.07) is 6.97. The molecule has 0 saturated carbocycles. The Morgan fingerprint density at radius 3 is 2.61 bits per heavy atom. The van der Waals surface area contributed by atoms with Gasteiger partial charge in [-0.2, -0.15) is 4.31 Å². The highest BCUT2D eigenvalue weighted by atomic mass is 32.2. The Kier molecular flexibility index (Phi) is 4.16. The van der Waals surface area contributed by atoms with Crippen molar-refractivity contribution in [2.24, 2.45) is 5.92 Å². The van der Waals surface area contributed by atoms with E-state index < -0.39 is 10.0 Å². The standard InChI is InChI=1S/C16H20N2O4S/c1-3-8-22-14-6-4-12(5-7-14)16(19)18-10-13-9-17(11-15(13)18)23(2,20)21/h3-7,13,15H,1,8-11H2,2H3/t13-,15-/m0/s1. The summed E-state index contributed by atoms with van der Waals surface area (Å²) < 4.78 is 30.1. The SMILES string of the molecule is C=CCOc1ccc(C(=O)N2C[C@@H]3CN(S(C)(=O)=O)C[C@@H]32)cc1. The van der Waals surface area contributed by atoms with E-state index in [9.17, 15) is 13.2 Å². The van der Waals surface area contributed by atoms with Gasteiger partial charge >= 0.3 is 0 Å². The van der Waals surface area contributed by atoms with Crippen LogP contribution in [0, 0.1) is 5.92 Å². The summed E-state index contributed by atoms with van der Waals surface area (Å²) in [7, 11) is -3.19. The van der Waals surface area contributed by atoms with Gasteiger partial charge in [0.05, 0.1) is 12.3 Å². The molecule has 2 aliphatic rings. The molecule has 0 unspecified atom stereocenters. The molecule has 1 amide bonds. The highest BCUT2D eigenvalue weighted by Crippen LogP contribution is 2.34. The molecule has 0 radical (unpaired) electrons. The molecule has 3 rings (SSSR count). The summed E-state index contributed by atoms with van der Waals surface area (Å²) in [4.78, 5) is 14.3. The zero-order valence-electron chi connectivity index (χ0n) is 13.0. The molecule has 2 aliphatic heterocycles. The van der Waals surface area contributed by atoms with Crippen molar-refractivity contribution >= 4 is 15.9 Å². The predicted octanol–water partition coefficient (Wildman–Crippen LogP) is 0.967. The lowest BCUT2D eigenvalue weighted by atomic mass is 9.91. The van der Waals surface area contributed by atoms with Crippen LogP contribution in [0.4, 0.5) is 0 Å². The molecule has 23 heavy (non-hydrogen) atoms. The van der Waals surface area contributed by atoms with Crippen molar-refractivity contribution in [3.63, 3.8) is 0 Å². The van der Waals surface area contributed by atoms with Crippen LogP contribution in [0.1, 0.15) is 10.4 Å². The largest absolute Gasteiger partial charge is 0.490 e. The van der Waals surface area contributed by atoms with Crippen molar-refractivity contribution in [3.05, 3.63) is 42.5 Å². The van der Waals surface area contributed by atoms with Gasteiger partial charge in [-0.15, -0.1) is 0 Å². The molecule has 2 heterocycles. The quantitative estimate of drug-likeness (QED) is 0.752. The lowest BCUT2D eigenvalue weighted by Gasteiger charge is -2.43. The van der Waals surface area contributed by atoms with Crippen molar-refractivity contribution in [2.45, 2.75) is 6.04 Å². The van der Waals surface area contributed by atoms with Gasteiger partial charge < -0.3 is 9.64 Å². The van der Waals surface area contributed by atoms with E-state index in [1.54, 1.807) is 35.2 Å². The maximum Gasteiger partial charge on any atom is 0.254 e. The predicted molar refractivity (Wildman–Crippen MR) is 86.9 cm³/mol. The monoisotopic (exact) mass is 336 g/mol. The Hall–Kier alpha value is -1.86. The second kappa shape index (κ2) is 5.98. The molecule has 2 fully saturated rings. The van der Waals surface area contributed by atoms with Gasteiger partial charge in [-0.25, -0.2) is 8.42 Å². The van der Waals surface area contributed by atoms with E-state index in [1.165, 1.54) is 10.6 Å². The lowest BCUT2D eigenvalue weighted by Crippen LogP contribution is -2.58. The first-order chi connectivity index (χ1) is 10.9. The molecular weight excluding hydrogens is 316 g/mol. The fourth-order valence-electron chi connectivity index (χ4n) is 3.12. The molecule has 1 aromatic carbocycles. The zero-order chi connectivity index (χ0) is 16.6. The molecule has 7 heteroatoms. The van der Waals surface area contributed by atoms with Crippen LogP contribution in [0.5, 0.6) is 5.75 Å². The van der Waals surface area contributed by atoms with E-state index in [1.807, 2.05) is 0 Å². The summed E-state index contributed by atoms with van der Waals surface area (Å²) in [6.45, 7) is 5.54. The fraction of sp³-hybridized carbons (Fsp3) is 0.438. The number of carbonyl (C=O) groups excluding carboxylic acids is 1. The number of carbonyl (C=O) groups is 1. The normalized spacial score (nSPS) is 24.0. The Bertz CT molecular complexity index is 714. The van der Waals surface area contributed by atoms with E-state index in [-0.39, 0.29) is 17.9 Å². The van der Waals surface area contributed by atoms with E-state index in [0.29, 0.717) is 37.6 Å². The summed E-state index contributed by atoms with van der Waals surface area (Å²) in [6.07, 6.45) is 2.87. The molecule has 0 bridgehead atoms. The third-order valence-corrected chi connectivity index (χ3v) is 5.64. The van der Waals surface area contributed by atoms with E-state index in [0.717, 1.165) is 0 Å². The number of benzene rings is 1. The summed E-state index contributed by atoms with van der Waals surface area (Å²) in [5, 5.41) is 0. The summed E-state index contributed by atoms with van der Waals surface area (Å²) >= 11 is 0. The number of sulfonamides is 1. The first-order valence-corrected chi connectivity index (χ1v) is 9.35. The van der Waals surface area contributed by atoms with E-state index in [2.05, 4.69) is 6.58 Å². The number of hydrogen-bond donors (Lipinski definition) is 0. The maximum absolute atomic E-state index is 12.6. The lowest BCUT2D eigenvalue weighted by molar-refractivity contribution is 0.0327. The van der Waals surface area contributed by atoms with Gasteiger partial charge in [0.1, 0.15) is 12.4 Å². The molecule has 6 nitrogen and oxygen atoms in total. The Balaban J connectivity index is 1.65. The summed E-state index contributed by atoms with van der Waals surface area (Å²) in [5.41, 5.74) is 0.590. The van der Waals surface area contributed by atoms with Crippen molar-refractivity contribution in [3.8, 4) is 5.75 Å². The molecule has 1 aromatic rings. The second-order valence-electron chi connectivity index (χ2n) is 5.99. The molecular formula is C16H20N2O4S. The number of ether oxygens (including phenoxy) is 1. The van der Waals surface area contributed by atoms with Crippen LogP contribution in [-0.4, -0.2) is 62.1 Å². The van der Waals surface area contributed by atoms with Crippen LogP contribution >= 0.6 is 0 Å². The van der Waals surface area contributed by atoms with E-state index in [4.69, 9.17) is 4.74 Å². The van der Waals surface area contributed by atoms with Gasteiger partial charge in [0.15, 0.2) is 0 Å². The van der Waals surface area contributed by atoms with Crippen molar-refractivity contribution in [1.82, 2.24) is 9.21 Å². The highest BCUT2D eigenvalue weighted by Gasteiger charge is 2.49. The first-order valence-electron chi connectivity index (χ1n) is 7.50. The Morgan fingerprint density at radius 1 is 1.30 bits per heavy atom. The van der Waals surface area contributed by atoms with Crippen LogP contribution in [0.25, 0.3) is 0 Å². The van der Waals surface area contributed by atoms with Gasteiger partial charge in [0.2, 0.25) is 10.0 Å². The molecule has 0 aromatic heterocycles. The minimum Gasteiger partial charge on any atom is -0.490 e. The Labute approximate surface area is 136 Å². The van der Waals surface area contributed by atoms with Crippen LogP contribution in [0.2, 0.25) is 0 Å². The third kappa shape index (κ3) is 3.11. The first kappa shape index (κ1) is 16.0. The number of hydrogen-bond acceptors (Lipinski definition) is 4. The average molecular weight is 336 g/mol. The number of rotatable bonds is 5. The third-order valence-electron chi connectivity index (χ3n) is 4.40. The number of fused-ring (bicyclic) bond motifs is 1. The summed E-state index contributed by atoms with van der Waals surface area (Å²) in [5.74, 6) is 0.882. The maximum atomic E-state index is 12.6. The minimum atomic E-state index is -3.19. The molecule has 0 aliphatic carbocycles. The smallest absolute Gasteiger partial charge is 0.254 e. The topological polar surface area (TPSA) is 66.9 Å². The van der Waals surface area contributed by atoms with Crippen LogP contribution in [0.15, 0.2) is 36.9 Å². The Morgan fingerprint density at radius 2 is 2.00 bits per heavy atom. The van der Waals surface area contributed by atoms with Crippen molar-refractivity contribution < 1.29 is 17.9 Å². The molecule has 0 spiro atoms. The van der Waals surface area contributed by atoms with Gasteiger partial charge in [-0.1, -0.05) is 12.7 Å². The van der Waals surface area contributed by atoms with Gasteiger partial charge in [0.25, 0.3) is 5.91 Å². The molecule has 2 atom stereocenters. The van der Waals surface area contributed by atoms with Crippen LogP contribution < -0.4 is 4.74 Å². The molecule has 2 saturated heterocycles. The highest BCUT2D eigenvalue weighted by molar-refractivity contribution is 7.88.